The minimum Gasteiger partial charge on any atom is -0.496 e. The fraction of sp³-hybridized carbons (Fsp3) is 0.417. The summed E-state index contributed by atoms with van der Waals surface area (Å²) in [6.07, 6.45) is 0. The number of hydrogen-bond acceptors (Lipinski definition) is 4. The molecule has 16 heavy (non-hydrogen) atoms. The lowest BCUT2D eigenvalue weighted by molar-refractivity contribution is -0.139. The van der Waals surface area contributed by atoms with Gasteiger partial charge >= 0.3 is 5.97 Å². The molecule has 2 rings (SSSR count). The molecule has 1 heterocycles. The van der Waals surface area contributed by atoms with E-state index >= 15 is 0 Å². The van der Waals surface area contributed by atoms with Crippen molar-refractivity contribution in [1.29, 1.82) is 0 Å². The van der Waals surface area contributed by atoms with Crippen LogP contribution in [0.5, 0.6) is 5.75 Å². The maximum atomic E-state index is 11.6. The summed E-state index contributed by atoms with van der Waals surface area (Å²) >= 11 is 0. The predicted molar refractivity (Wildman–Crippen MR) is 57.3 cm³/mol. The molecule has 0 radical (unpaired) electrons. The standard InChI is InChI=1S/C12H14O4/c1-15-10-5-3-2-4-9(10)11-8(6-13)7-16-12(11)14/h2-5,8,11,13H,6-7H2,1H3/t8-,11-/m0/s1. The van der Waals surface area contributed by atoms with Gasteiger partial charge in [-0.05, 0) is 6.07 Å². The van der Waals surface area contributed by atoms with Crippen molar-refractivity contribution in [2.45, 2.75) is 5.92 Å². The van der Waals surface area contributed by atoms with Gasteiger partial charge in [-0.1, -0.05) is 18.2 Å². The first-order valence-corrected chi connectivity index (χ1v) is 5.18. The van der Waals surface area contributed by atoms with E-state index < -0.39 is 5.92 Å². The Hall–Kier alpha value is -1.55. The average molecular weight is 222 g/mol. The molecule has 0 aliphatic carbocycles. The van der Waals surface area contributed by atoms with Gasteiger partial charge in [-0.2, -0.15) is 0 Å². The fourth-order valence-electron chi connectivity index (χ4n) is 2.03. The van der Waals surface area contributed by atoms with E-state index in [2.05, 4.69) is 0 Å². The summed E-state index contributed by atoms with van der Waals surface area (Å²) in [5, 5.41) is 9.21. The van der Waals surface area contributed by atoms with Gasteiger partial charge in [0.25, 0.3) is 0 Å². The lowest BCUT2D eigenvalue weighted by Gasteiger charge is -2.15. The number of rotatable bonds is 3. The fourth-order valence-corrected chi connectivity index (χ4v) is 2.03. The highest BCUT2D eigenvalue weighted by atomic mass is 16.5. The van der Waals surface area contributed by atoms with E-state index in [0.29, 0.717) is 5.75 Å². The SMILES string of the molecule is COc1ccccc1[C@H]1C(=O)OC[C@@H]1CO. The van der Waals surface area contributed by atoms with Gasteiger partial charge in [-0.3, -0.25) is 4.79 Å². The smallest absolute Gasteiger partial charge is 0.314 e. The van der Waals surface area contributed by atoms with Crippen LogP contribution in [0.15, 0.2) is 24.3 Å². The van der Waals surface area contributed by atoms with Crippen LogP contribution < -0.4 is 4.74 Å². The molecule has 1 aliphatic heterocycles. The highest BCUT2D eigenvalue weighted by Crippen LogP contribution is 2.36. The van der Waals surface area contributed by atoms with E-state index in [1.807, 2.05) is 18.2 Å². The molecule has 1 aromatic rings. The summed E-state index contributed by atoms with van der Waals surface area (Å²) in [6, 6.07) is 7.32. The van der Waals surface area contributed by atoms with Gasteiger partial charge in [-0.15, -0.1) is 0 Å². The molecule has 0 saturated carbocycles. The Morgan fingerprint density at radius 3 is 2.94 bits per heavy atom. The van der Waals surface area contributed by atoms with E-state index in [4.69, 9.17) is 9.47 Å². The van der Waals surface area contributed by atoms with Gasteiger partial charge in [0.05, 0.1) is 26.2 Å². The lowest BCUT2D eigenvalue weighted by Crippen LogP contribution is -2.17. The number of ether oxygens (including phenoxy) is 2. The van der Waals surface area contributed by atoms with E-state index in [0.717, 1.165) is 5.56 Å². The van der Waals surface area contributed by atoms with Crippen LogP contribution in [-0.4, -0.2) is 31.4 Å². The third kappa shape index (κ3) is 1.76. The molecule has 1 fully saturated rings. The lowest BCUT2D eigenvalue weighted by atomic mass is 9.88. The molecule has 1 aromatic carbocycles. The van der Waals surface area contributed by atoms with Crippen LogP contribution in [0.25, 0.3) is 0 Å². The number of carbonyl (C=O) groups excluding carboxylic acids is 1. The second kappa shape index (κ2) is 4.53. The van der Waals surface area contributed by atoms with Gasteiger partial charge in [-0.25, -0.2) is 0 Å². The maximum Gasteiger partial charge on any atom is 0.314 e. The van der Waals surface area contributed by atoms with Crippen molar-refractivity contribution in [3.8, 4) is 5.75 Å². The minimum absolute atomic E-state index is 0.0611. The summed E-state index contributed by atoms with van der Waals surface area (Å²) in [7, 11) is 1.56. The summed E-state index contributed by atoms with van der Waals surface area (Å²) in [5.74, 6) is -0.224. The van der Waals surface area contributed by atoms with Gasteiger partial charge in [0.2, 0.25) is 0 Å². The van der Waals surface area contributed by atoms with Crippen molar-refractivity contribution >= 4 is 5.97 Å². The molecule has 0 amide bonds. The molecule has 0 bridgehead atoms. The largest absolute Gasteiger partial charge is 0.496 e. The number of esters is 1. The number of carbonyl (C=O) groups is 1. The molecular formula is C12H14O4. The molecule has 4 heteroatoms. The Morgan fingerprint density at radius 2 is 2.25 bits per heavy atom. The van der Waals surface area contributed by atoms with Crippen LogP contribution in [0, 0.1) is 5.92 Å². The summed E-state index contributed by atoms with van der Waals surface area (Å²) in [5.41, 5.74) is 0.784. The highest BCUT2D eigenvalue weighted by Gasteiger charge is 2.39. The minimum atomic E-state index is -0.416. The zero-order valence-electron chi connectivity index (χ0n) is 9.05. The number of hydrogen-bond donors (Lipinski definition) is 1. The number of methoxy groups -OCH3 is 1. The van der Waals surface area contributed by atoms with E-state index in [-0.39, 0.29) is 25.1 Å². The maximum absolute atomic E-state index is 11.6. The number of aliphatic hydroxyl groups excluding tert-OH is 1. The Balaban J connectivity index is 2.38. The molecule has 0 spiro atoms. The van der Waals surface area contributed by atoms with E-state index in [1.54, 1.807) is 13.2 Å². The Kier molecular flexibility index (Phi) is 3.10. The molecular weight excluding hydrogens is 208 g/mol. The molecule has 2 atom stereocenters. The first kappa shape index (κ1) is 11.0. The number of aliphatic hydroxyl groups is 1. The summed E-state index contributed by atoms with van der Waals surface area (Å²) in [6.45, 7) is 0.215. The van der Waals surface area contributed by atoms with Crippen LogP contribution >= 0.6 is 0 Å². The zero-order valence-corrected chi connectivity index (χ0v) is 9.05. The van der Waals surface area contributed by atoms with Crippen LogP contribution in [-0.2, 0) is 9.53 Å². The summed E-state index contributed by atoms with van der Waals surface area (Å²) in [4.78, 5) is 11.6. The second-order valence-corrected chi connectivity index (χ2v) is 3.79. The Bertz CT molecular complexity index is 388. The van der Waals surface area contributed by atoms with Gasteiger partial charge in [0.1, 0.15) is 5.75 Å². The summed E-state index contributed by atoms with van der Waals surface area (Å²) < 4.78 is 10.2. The number of cyclic esters (lactones) is 1. The molecule has 1 N–H and O–H groups in total. The number of para-hydroxylation sites is 1. The Morgan fingerprint density at radius 1 is 1.50 bits per heavy atom. The molecule has 1 aliphatic rings. The molecule has 86 valence electrons. The third-order valence-electron chi connectivity index (χ3n) is 2.87. The van der Waals surface area contributed by atoms with Crippen molar-refractivity contribution in [1.82, 2.24) is 0 Å². The molecule has 1 saturated heterocycles. The Labute approximate surface area is 93.8 Å². The van der Waals surface area contributed by atoms with Crippen molar-refractivity contribution in [3.05, 3.63) is 29.8 Å². The first-order chi connectivity index (χ1) is 7.77. The van der Waals surface area contributed by atoms with Crippen LogP contribution in [0.4, 0.5) is 0 Å². The normalized spacial score (nSPS) is 24.2. The van der Waals surface area contributed by atoms with Crippen molar-refractivity contribution in [3.63, 3.8) is 0 Å². The van der Waals surface area contributed by atoms with E-state index in [9.17, 15) is 9.90 Å². The monoisotopic (exact) mass is 222 g/mol. The van der Waals surface area contributed by atoms with Crippen molar-refractivity contribution in [2.24, 2.45) is 5.92 Å². The van der Waals surface area contributed by atoms with Gasteiger partial charge < -0.3 is 14.6 Å². The van der Waals surface area contributed by atoms with Crippen LogP contribution in [0.3, 0.4) is 0 Å². The third-order valence-corrected chi connectivity index (χ3v) is 2.87. The van der Waals surface area contributed by atoms with Gasteiger partial charge in [0, 0.05) is 11.5 Å². The van der Waals surface area contributed by atoms with Crippen molar-refractivity contribution in [2.75, 3.05) is 20.3 Å². The van der Waals surface area contributed by atoms with Crippen molar-refractivity contribution < 1.29 is 19.4 Å². The molecule has 0 unspecified atom stereocenters. The highest BCUT2D eigenvalue weighted by molar-refractivity contribution is 5.81. The van der Waals surface area contributed by atoms with Crippen LogP contribution in [0.1, 0.15) is 11.5 Å². The average Bonchev–Trinajstić information content (AvgIpc) is 2.70. The van der Waals surface area contributed by atoms with Crippen LogP contribution in [0.2, 0.25) is 0 Å². The van der Waals surface area contributed by atoms with Gasteiger partial charge in [0.15, 0.2) is 0 Å². The zero-order chi connectivity index (χ0) is 11.5. The number of benzene rings is 1. The molecule has 4 nitrogen and oxygen atoms in total. The molecule has 0 aromatic heterocycles. The first-order valence-electron chi connectivity index (χ1n) is 5.18. The second-order valence-electron chi connectivity index (χ2n) is 3.79. The van der Waals surface area contributed by atoms with E-state index in [1.165, 1.54) is 0 Å². The quantitative estimate of drug-likeness (QED) is 0.773. The predicted octanol–water partition coefficient (Wildman–Crippen LogP) is 0.944. The topological polar surface area (TPSA) is 55.8 Å².